The van der Waals surface area contributed by atoms with E-state index in [1.807, 2.05) is 11.8 Å². The maximum atomic E-state index is 3.48. The molecule has 0 aliphatic heterocycles. The lowest BCUT2D eigenvalue weighted by Crippen LogP contribution is -2.30. The molecule has 0 aromatic heterocycles. The third-order valence-electron chi connectivity index (χ3n) is 3.77. The Morgan fingerprint density at radius 2 is 1.67 bits per heavy atom. The zero-order valence-electron chi connectivity index (χ0n) is 12.8. The van der Waals surface area contributed by atoms with E-state index in [4.69, 9.17) is 0 Å². The monoisotopic (exact) mass is 363 g/mol. The fourth-order valence-corrected chi connectivity index (χ4v) is 3.66. The van der Waals surface area contributed by atoms with Gasteiger partial charge in [0.1, 0.15) is 0 Å². The second kappa shape index (κ2) is 8.02. The number of hydrogen-bond acceptors (Lipinski definition) is 2. The number of thioether (sulfide) groups is 1. The average Bonchev–Trinajstić information content (AvgIpc) is 2.48. The molecule has 3 heteroatoms. The van der Waals surface area contributed by atoms with E-state index in [0.717, 1.165) is 16.6 Å². The lowest BCUT2D eigenvalue weighted by Gasteiger charge is -2.19. The molecular weight excluding hydrogens is 342 g/mol. The number of rotatable bonds is 6. The normalized spacial score (nSPS) is 12.4. The molecule has 112 valence electrons. The van der Waals surface area contributed by atoms with Crippen LogP contribution in [0.25, 0.3) is 0 Å². The summed E-state index contributed by atoms with van der Waals surface area (Å²) in [6, 6.07) is 15.6. The van der Waals surface area contributed by atoms with Crippen molar-refractivity contribution >= 4 is 27.7 Å². The molecule has 0 radical (unpaired) electrons. The molecule has 0 saturated carbocycles. The largest absolute Gasteiger partial charge is 0.316 e. The van der Waals surface area contributed by atoms with Gasteiger partial charge in [0.05, 0.1) is 0 Å². The maximum Gasteiger partial charge on any atom is 0.0199 e. The number of benzene rings is 2. The summed E-state index contributed by atoms with van der Waals surface area (Å²) in [7, 11) is 2.06. The van der Waals surface area contributed by atoms with Crippen molar-refractivity contribution in [3.63, 3.8) is 0 Å². The fourth-order valence-electron chi connectivity index (χ4n) is 2.39. The number of halogens is 1. The molecule has 1 N–H and O–H groups in total. The molecule has 2 aromatic rings. The van der Waals surface area contributed by atoms with E-state index in [9.17, 15) is 0 Å². The highest BCUT2D eigenvalue weighted by molar-refractivity contribution is 9.10. The van der Waals surface area contributed by atoms with Gasteiger partial charge in [0.15, 0.2) is 0 Å². The van der Waals surface area contributed by atoms with Crippen LogP contribution in [0.3, 0.4) is 0 Å². The zero-order chi connectivity index (χ0) is 15.2. The maximum absolute atomic E-state index is 3.48. The van der Waals surface area contributed by atoms with Crippen LogP contribution in [0.4, 0.5) is 0 Å². The Labute approximate surface area is 140 Å². The summed E-state index contributed by atoms with van der Waals surface area (Å²) in [5.41, 5.74) is 4.26. The van der Waals surface area contributed by atoms with Gasteiger partial charge in [0.2, 0.25) is 0 Å². The van der Waals surface area contributed by atoms with Crippen LogP contribution in [0, 0.1) is 13.8 Å². The third kappa shape index (κ3) is 4.87. The lowest BCUT2D eigenvalue weighted by molar-refractivity contribution is 0.614. The van der Waals surface area contributed by atoms with Gasteiger partial charge in [0, 0.05) is 21.2 Å². The van der Waals surface area contributed by atoms with Crippen LogP contribution in [0.5, 0.6) is 0 Å². The van der Waals surface area contributed by atoms with Crippen molar-refractivity contribution < 1.29 is 0 Å². The smallest absolute Gasteiger partial charge is 0.0199 e. The SMILES string of the molecule is CNC(CSc1ccc(Br)cc1)Cc1c(C)cccc1C. The summed E-state index contributed by atoms with van der Waals surface area (Å²) in [5.74, 6) is 1.08. The van der Waals surface area contributed by atoms with Gasteiger partial charge >= 0.3 is 0 Å². The summed E-state index contributed by atoms with van der Waals surface area (Å²) >= 11 is 5.39. The van der Waals surface area contributed by atoms with E-state index in [0.29, 0.717) is 6.04 Å². The van der Waals surface area contributed by atoms with Gasteiger partial charge in [-0.3, -0.25) is 0 Å². The summed E-state index contributed by atoms with van der Waals surface area (Å²) in [5, 5.41) is 3.46. The fraction of sp³-hybridized carbons (Fsp3) is 0.333. The molecule has 0 fully saturated rings. The molecule has 0 heterocycles. The Bertz CT molecular complexity index is 560. The van der Waals surface area contributed by atoms with Crippen LogP contribution in [0.2, 0.25) is 0 Å². The van der Waals surface area contributed by atoms with Gasteiger partial charge in [-0.1, -0.05) is 34.1 Å². The van der Waals surface area contributed by atoms with Crippen molar-refractivity contribution in [2.75, 3.05) is 12.8 Å². The van der Waals surface area contributed by atoms with Crippen molar-refractivity contribution in [3.8, 4) is 0 Å². The van der Waals surface area contributed by atoms with Gasteiger partial charge in [-0.25, -0.2) is 0 Å². The Balaban J connectivity index is 1.98. The standard InChI is InChI=1S/C18H22BrNS/c1-13-5-4-6-14(2)18(13)11-16(20-3)12-21-17-9-7-15(19)8-10-17/h4-10,16,20H,11-12H2,1-3H3. The lowest BCUT2D eigenvalue weighted by atomic mass is 9.97. The summed E-state index contributed by atoms with van der Waals surface area (Å²) in [4.78, 5) is 1.32. The minimum atomic E-state index is 0.485. The number of nitrogens with one attached hydrogen (secondary N) is 1. The quantitative estimate of drug-likeness (QED) is 0.725. The molecule has 1 atom stereocenters. The Morgan fingerprint density at radius 3 is 2.24 bits per heavy atom. The Kier molecular flexibility index (Phi) is 6.34. The van der Waals surface area contributed by atoms with E-state index in [-0.39, 0.29) is 0 Å². The number of hydrogen-bond donors (Lipinski definition) is 1. The topological polar surface area (TPSA) is 12.0 Å². The number of aryl methyl sites for hydroxylation is 2. The predicted molar refractivity (Wildman–Crippen MR) is 97.3 cm³/mol. The molecule has 1 nitrogen and oxygen atoms in total. The van der Waals surface area contributed by atoms with Crippen LogP contribution in [0.15, 0.2) is 51.8 Å². The first kappa shape index (κ1) is 16.6. The van der Waals surface area contributed by atoms with Gasteiger partial charge in [-0.15, -0.1) is 11.8 Å². The summed E-state index contributed by atoms with van der Waals surface area (Å²) < 4.78 is 1.13. The average molecular weight is 364 g/mol. The zero-order valence-corrected chi connectivity index (χ0v) is 15.2. The molecular formula is C18H22BrNS. The summed E-state index contributed by atoms with van der Waals surface area (Å²) in [6.07, 6.45) is 1.08. The highest BCUT2D eigenvalue weighted by Gasteiger charge is 2.11. The van der Waals surface area contributed by atoms with E-state index >= 15 is 0 Å². The van der Waals surface area contributed by atoms with Gasteiger partial charge in [0.25, 0.3) is 0 Å². The Morgan fingerprint density at radius 1 is 1.05 bits per heavy atom. The molecule has 0 bridgehead atoms. The highest BCUT2D eigenvalue weighted by atomic mass is 79.9. The second-order valence-electron chi connectivity index (χ2n) is 5.33. The first-order chi connectivity index (χ1) is 10.1. The van der Waals surface area contributed by atoms with E-state index < -0.39 is 0 Å². The molecule has 0 amide bonds. The molecule has 0 saturated heterocycles. The summed E-state index contributed by atoms with van der Waals surface area (Å²) in [6.45, 7) is 4.41. The molecule has 1 unspecified atom stereocenters. The second-order valence-corrected chi connectivity index (χ2v) is 7.33. The van der Waals surface area contributed by atoms with Crippen molar-refractivity contribution in [1.82, 2.24) is 5.32 Å². The molecule has 0 spiro atoms. The van der Waals surface area contributed by atoms with Crippen LogP contribution in [-0.2, 0) is 6.42 Å². The highest BCUT2D eigenvalue weighted by Crippen LogP contribution is 2.23. The minimum Gasteiger partial charge on any atom is -0.316 e. The van der Waals surface area contributed by atoms with Crippen LogP contribution < -0.4 is 5.32 Å². The van der Waals surface area contributed by atoms with E-state index in [1.54, 1.807) is 0 Å². The van der Waals surface area contributed by atoms with Crippen molar-refractivity contribution in [3.05, 3.63) is 63.6 Å². The molecule has 21 heavy (non-hydrogen) atoms. The number of likely N-dealkylation sites (N-methyl/N-ethyl adjacent to an activating group) is 1. The van der Waals surface area contributed by atoms with Crippen molar-refractivity contribution in [2.45, 2.75) is 31.2 Å². The molecule has 0 aliphatic rings. The third-order valence-corrected chi connectivity index (χ3v) is 5.47. The van der Waals surface area contributed by atoms with Crippen LogP contribution in [0.1, 0.15) is 16.7 Å². The molecule has 2 aromatic carbocycles. The predicted octanol–water partition coefficient (Wildman–Crippen LogP) is 4.99. The van der Waals surface area contributed by atoms with E-state index in [2.05, 4.69) is 84.6 Å². The van der Waals surface area contributed by atoms with E-state index in [1.165, 1.54) is 21.6 Å². The Hall–Kier alpha value is -0.770. The van der Waals surface area contributed by atoms with Crippen molar-refractivity contribution in [1.29, 1.82) is 0 Å². The van der Waals surface area contributed by atoms with Crippen LogP contribution in [-0.4, -0.2) is 18.8 Å². The molecule has 0 aliphatic carbocycles. The van der Waals surface area contributed by atoms with Gasteiger partial charge in [-0.2, -0.15) is 0 Å². The van der Waals surface area contributed by atoms with Gasteiger partial charge in [-0.05, 0) is 68.3 Å². The molecule has 2 rings (SSSR count). The minimum absolute atomic E-state index is 0.485. The van der Waals surface area contributed by atoms with Gasteiger partial charge < -0.3 is 5.32 Å². The first-order valence-electron chi connectivity index (χ1n) is 7.21. The van der Waals surface area contributed by atoms with Crippen LogP contribution >= 0.6 is 27.7 Å². The first-order valence-corrected chi connectivity index (χ1v) is 8.98. The van der Waals surface area contributed by atoms with Crippen molar-refractivity contribution in [2.24, 2.45) is 0 Å².